The molecule has 2 aliphatic rings. The fraction of sp³-hybridized carbons (Fsp3) is 0.111. The van der Waals surface area contributed by atoms with Crippen molar-refractivity contribution in [1.29, 1.82) is 0 Å². The van der Waals surface area contributed by atoms with Crippen LogP contribution >= 0.6 is 0 Å². The molecule has 0 aliphatic heterocycles. The minimum absolute atomic E-state index is 0.0470. The second-order valence-electron chi connectivity index (χ2n) is 16.1. The maximum absolute atomic E-state index is 2.50. The van der Waals surface area contributed by atoms with Crippen molar-refractivity contribution in [1.82, 2.24) is 0 Å². The van der Waals surface area contributed by atoms with E-state index in [4.69, 9.17) is 0 Å². The molecule has 55 heavy (non-hydrogen) atoms. The van der Waals surface area contributed by atoms with E-state index in [0.29, 0.717) is 0 Å². The number of fused-ring (bicyclic) bond motifs is 6. The second-order valence-corrected chi connectivity index (χ2v) is 16.1. The average Bonchev–Trinajstić information content (AvgIpc) is 3.60. The van der Waals surface area contributed by atoms with E-state index < -0.39 is 0 Å². The predicted octanol–water partition coefficient (Wildman–Crippen LogP) is 14.8. The molecule has 0 bridgehead atoms. The minimum atomic E-state index is -0.147. The summed E-state index contributed by atoms with van der Waals surface area (Å²) in [7, 11) is 0. The van der Waals surface area contributed by atoms with Crippen LogP contribution in [0.15, 0.2) is 188 Å². The Morgan fingerprint density at radius 3 is 1.40 bits per heavy atom. The number of nitrogens with zero attached hydrogens (tertiary/aromatic N) is 1. The van der Waals surface area contributed by atoms with Gasteiger partial charge in [-0.05, 0) is 103 Å². The molecular weight excluding hydrogens is 663 g/mol. The van der Waals surface area contributed by atoms with Crippen LogP contribution in [0, 0.1) is 0 Å². The van der Waals surface area contributed by atoms with Gasteiger partial charge in [0.15, 0.2) is 0 Å². The quantitative estimate of drug-likeness (QED) is 0.166. The third-order valence-electron chi connectivity index (χ3n) is 12.3. The summed E-state index contributed by atoms with van der Waals surface area (Å²) >= 11 is 0. The lowest BCUT2D eigenvalue weighted by atomic mass is 9.81. The SMILES string of the molecule is CC1(C)c2ccccc2-c2ccc(-c3ccc(N(c4ccccc4-c4ccccc4)c4cc5c(cc4-c4ccccc4)-c4ccccc4C5(C)C)cc3)cc21. The fourth-order valence-corrected chi connectivity index (χ4v) is 9.40. The molecule has 8 aromatic rings. The van der Waals surface area contributed by atoms with Crippen LogP contribution in [0.1, 0.15) is 49.9 Å². The van der Waals surface area contributed by atoms with Gasteiger partial charge in [-0.3, -0.25) is 0 Å². The molecule has 0 radical (unpaired) electrons. The van der Waals surface area contributed by atoms with Gasteiger partial charge < -0.3 is 4.90 Å². The molecule has 8 aromatic carbocycles. The van der Waals surface area contributed by atoms with E-state index >= 15 is 0 Å². The molecule has 2 aliphatic carbocycles. The second kappa shape index (κ2) is 12.6. The molecule has 0 heterocycles. The highest BCUT2D eigenvalue weighted by atomic mass is 15.1. The lowest BCUT2D eigenvalue weighted by molar-refractivity contribution is 0.660. The summed E-state index contributed by atoms with van der Waals surface area (Å²) in [5, 5.41) is 0. The Hall–Kier alpha value is -6.44. The zero-order valence-corrected chi connectivity index (χ0v) is 31.8. The molecular formula is C54H43N. The van der Waals surface area contributed by atoms with Crippen LogP contribution < -0.4 is 4.90 Å². The molecule has 0 atom stereocenters. The molecule has 0 saturated carbocycles. The normalized spacial score (nSPS) is 14.1. The number of para-hydroxylation sites is 1. The lowest BCUT2D eigenvalue weighted by Gasteiger charge is -2.32. The average molecular weight is 706 g/mol. The van der Waals surface area contributed by atoms with Crippen LogP contribution in [0.4, 0.5) is 17.1 Å². The van der Waals surface area contributed by atoms with Gasteiger partial charge in [0.25, 0.3) is 0 Å². The van der Waals surface area contributed by atoms with Crippen LogP contribution in [0.3, 0.4) is 0 Å². The van der Waals surface area contributed by atoms with Gasteiger partial charge in [0.05, 0.1) is 11.4 Å². The Labute approximate surface area is 325 Å². The van der Waals surface area contributed by atoms with E-state index in [0.717, 1.165) is 11.4 Å². The zero-order chi connectivity index (χ0) is 37.3. The maximum Gasteiger partial charge on any atom is 0.0543 e. The first-order chi connectivity index (χ1) is 26.8. The Kier molecular flexibility index (Phi) is 7.58. The summed E-state index contributed by atoms with van der Waals surface area (Å²) < 4.78 is 0. The number of rotatable bonds is 6. The molecule has 264 valence electrons. The minimum Gasteiger partial charge on any atom is -0.309 e. The van der Waals surface area contributed by atoms with E-state index in [1.54, 1.807) is 0 Å². The molecule has 0 spiro atoms. The van der Waals surface area contributed by atoms with Crippen LogP contribution in [0.5, 0.6) is 0 Å². The van der Waals surface area contributed by atoms with Gasteiger partial charge in [-0.1, -0.05) is 179 Å². The Morgan fingerprint density at radius 2 is 0.764 bits per heavy atom. The van der Waals surface area contributed by atoms with Gasteiger partial charge >= 0.3 is 0 Å². The molecule has 1 nitrogen and oxygen atoms in total. The largest absolute Gasteiger partial charge is 0.309 e. The topological polar surface area (TPSA) is 3.24 Å². The standard InChI is InChI=1S/C54H43N/c1-53(2)47-24-14-11-22-42(47)44-32-29-39(33-49(44)53)36-27-30-40(31-28-36)55(51-26-16-13-21-41(51)37-17-7-5-8-18-37)52-35-50-46(34-45(52)38-19-9-6-10-20-38)43-23-12-15-25-48(43)54(50,3)4/h5-35H,1-4H3. The van der Waals surface area contributed by atoms with Crippen molar-refractivity contribution in [2.45, 2.75) is 38.5 Å². The van der Waals surface area contributed by atoms with Crippen molar-refractivity contribution in [3.05, 3.63) is 210 Å². The Bertz CT molecular complexity index is 2740. The third kappa shape index (κ3) is 5.22. The van der Waals surface area contributed by atoms with Crippen LogP contribution in [0.2, 0.25) is 0 Å². The number of benzene rings is 8. The summed E-state index contributed by atoms with van der Waals surface area (Å²) in [5.41, 5.74) is 21.3. The zero-order valence-electron chi connectivity index (χ0n) is 31.8. The smallest absolute Gasteiger partial charge is 0.0543 e. The van der Waals surface area contributed by atoms with E-state index in [1.807, 2.05) is 0 Å². The lowest BCUT2D eigenvalue weighted by Crippen LogP contribution is -2.17. The van der Waals surface area contributed by atoms with Crippen LogP contribution in [-0.2, 0) is 10.8 Å². The predicted molar refractivity (Wildman–Crippen MR) is 233 cm³/mol. The number of anilines is 3. The first-order valence-electron chi connectivity index (χ1n) is 19.4. The van der Waals surface area contributed by atoms with Crippen molar-refractivity contribution in [3.63, 3.8) is 0 Å². The maximum atomic E-state index is 2.50. The van der Waals surface area contributed by atoms with E-state index in [1.165, 1.54) is 83.6 Å². The molecule has 1 heteroatoms. The highest BCUT2D eigenvalue weighted by Gasteiger charge is 2.38. The summed E-state index contributed by atoms with van der Waals surface area (Å²) in [4.78, 5) is 2.50. The summed E-state index contributed by atoms with van der Waals surface area (Å²) in [6, 6.07) is 69.5. The van der Waals surface area contributed by atoms with Crippen molar-refractivity contribution in [2.75, 3.05) is 4.90 Å². The van der Waals surface area contributed by atoms with Crippen LogP contribution in [0.25, 0.3) is 55.6 Å². The molecule has 0 unspecified atom stereocenters. The summed E-state index contributed by atoms with van der Waals surface area (Å²) in [6.07, 6.45) is 0. The Balaban J connectivity index is 1.18. The molecule has 0 N–H and O–H groups in total. The van der Waals surface area contributed by atoms with E-state index in [9.17, 15) is 0 Å². The molecule has 0 fully saturated rings. The highest BCUT2D eigenvalue weighted by molar-refractivity contribution is 5.97. The number of hydrogen-bond acceptors (Lipinski definition) is 1. The van der Waals surface area contributed by atoms with Crippen molar-refractivity contribution >= 4 is 17.1 Å². The summed E-state index contributed by atoms with van der Waals surface area (Å²) in [6.45, 7) is 9.45. The first-order valence-corrected chi connectivity index (χ1v) is 19.4. The highest BCUT2D eigenvalue weighted by Crippen LogP contribution is 2.54. The summed E-state index contributed by atoms with van der Waals surface area (Å²) in [5.74, 6) is 0. The Morgan fingerprint density at radius 1 is 0.291 bits per heavy atom. The van der Waals surface area contributed by atoms with E-state index in [-0.39, 0.29) is 10.8 Å². The van der Waals surface area contributed by atoms with Crippen molar-refractivity contribution in [2.24, 2.45) is 0 Å². The van der Waals surface area contributed by atoms with Crippen molar-refractivity contribution < 1.29 is 0 Å². The van der Waals surface area contributed by atoms with Gasteiger partial charge in [-0.15, -0.1) is 0 Å². The van der Waals surface area contributed by atoms with Crippen LogP contribution in [-0.4, -0.2) is 0 Å². The van der Waals surface area contributed by atoms with Gasteiger partial charge in [0.1, 0.15) is 0 Å². The molecule has 0 aromatic heterocycles. The number of hydrogen-bond donors (Lipinski definition) is 0. The molecule has 10 rings (SSSR count). The first kappa shape index (κ1) is 33.2. The fourth-order valence-electron chi connectivity index (χ4n) is 9.40. The van der Waals surface area contributed by atoms with Gasteiger partial charge in [-0.2, -0.15) is 0 Å². The monoisotopic (exact) mass is 705 g/mol. The molecule has 0 saturated heterocycles. The van der Waals surface area contributed by atoms with Crippen molar-refractivity contribution in [3.8, 4) is 55.6 Å². The van der Waals surface area contributed by atoms with Gasteiger partial charge in [0, 0.05) is 27.6 Å². The molecule has 0 amide bonds. The van der Waals surface area contributed by atoms with Gasteiger partial charge in [0.2, 0.25) is 0 Å². The van der Waals surface area contributed by atoms with E-state index in [2.05, 4.69) is 221 Å². The van der Waals surface area contributed by atoms with Gasteiger partial charge in [-0.25, -0.2) is 0 Å². The third-order valence-corrected chi connectivity index (χ3v) is 12.3.